The molecule has 0 aromatic rings. The second-order valence-corrected chi connectivity index (χ2v) is 15.1. The van der Waals surface area contributed by atoms with Crippen LogP contribution in [0.4, 0.5) is 52.7 Å². The topological polar surface area (TPSA) is 193 Å². The number of carbonyl (C=O) groups excluding carboxylic acids is 4. The molecule has 1 saturated carbocycles. The number of allylic oxidation sites excluding steroid dienone is 1. The minimum absolute atomic E-state index is 0.0400. The maximum Gasteiger partial charge on any atom is 0.471 e. The van der Waals surface area contributed by atoms with Crippen LogP contribution in [-0.4, -0.2) is 151 Å². The predicted molar refractivity (Wildman–Crippen MR) is 198 cm³/mol. The Morgan fingerprint density at radius 1 is 0.609 bits per heavy atom. The Morgan fingerprint density at radius 3 is 1.42 bits per heavy atom. The highest BCUT2D eigenvalue weighted by atomic mass is 19.4. The van der Waals surface area contributed by atoms with Crippen molar-refractivity contribution in [2.24, 2.45) is 0 Å². The number of halogens is 12. The number of amides is 4. The van der Waals surface area contributed by atoms with Gasteiger partial charge in [-0.15, -0.1) is 0 Å². The van der Waals surface area contributed by atoms with Crippen molar-refractivity contribution in [2.45, 2.75) is 159 Å². The lowest BCUT2D eigenvalue weighted by atomic mass is 9.87. The molecular formula is C38H52F12N4O10. The molecule has 0 radical (unpaired) electrons. The summed E-state index contributed by atoms with van der Waals surface area (Å²) in [6.45, 7) is 0.542. The summed E-state index contributed by atoms with van der Waals surface area (Å²) in [7, 11) is 0. The number of carbonyl (C=O) groups is 7. The monoisotopic (exact) mass is 952 g/mol. The summed E-state index contributed by atoms with van der Waals surface area (Å²) in [5, 5.41) is 30.3. The first-order valence-corrected chi connectivity index (χ1v) is 20.2. The first-order valence-electron chi connectivity index (χ1n) is 20.2. The number of nitrogens with zero attached hydrogens (tertiary/aromatic N) is 4. The molecule has 1 aliphatic rings. The summed E-state index contributed by atoms with van der Waals surface area (Å²) in [6, 6.07) is -6.91. The summed E-state index contributed by atoms with van der Waals surface area (Å²) >= 11 is 0. The van der Waals surface area contributed by atoms with Crippen LogP contribution in [-0.2, 0) is 33.6 Å². The molecular weight excluding hydrogens is 900 g/mol. The second-order valence-electron chi connectivity index (χ2n) is 15.1. The van der Waals surface area contributed by atoms with E-state index < -0.39 is 173 Å². The quantitative estimate of drug-likeness (QED) is 0.0483. The lowest BCUT2D eigenvalue weighted by molar-refractivity contribution is -0.202. The molecule has 1 aliphatic carbocycles. The third-order valence-corrected chi connectivity index (χ3v) is 10.6. The van der Waals surface area contributed by atoms with Crippen molar-refractivity contribution in [3.8, 4) is 0 Å². The molecule has 0 heterocycles. The third kappa shape index (κ3) is 15.4. The van der Waals surface area contributed by atoms with Crippen molar-refractivity contribution in [1.29, 1.82) is 0 Å². The van der Waals surface area contributed by atoms with E-state index in [2.05, 4.69) is 0 Å². The average molecular weight is 953 g/mol. The Morgan fingerprint density at radius 2 is 1.03 bits per heavy atom. The molecule has 0 aliphatic heterocycles. The van der Waals surface area contributed by atoms with Crippen molar-refractivity contribution in [1.82, 2.24) is 19.6 Å². The maximum absolute atomic E-state index is 14.4. The van der Waals surface area contributed by atoms with Crippen LogP contribution in [0.3, 0.4) is 0 Å². The Bertz CT molecular complexity index is 1670. The number of carboxylic acid groups (broad SMARTS) is 3. The zero-order valence-electron chi connectivity index (χ0n) is 35.1. The van der Waals surface area contributed by atoms with Crippen LogP contribution in [0, 0.1) is 0 Å². The van der Waals surface area contributed by atoms with E-state index in [1.54, 1.807) is 0 Å². The van der Waals surface area contributed by atoms with Gasteiger partial charge in [-0.05, 0) is 70.6 Å². The number of hydrogen-bond donors (Lipinski definition) is 3. The number of alkyl halides is 12. The van der Waals surface area contributed by atoms with Gasteiger partial charge in [0.2, 0.25) is 0 Å². The van der Waals surface area contributed by atoms with Gasteiger partial charge in [-0.25, -0.2) is 14.4 Å². The van der Waals surface area contributed by atoms with Gasteiger partial charge in [0.15, 0.2) is 5.54 Å². The fraction of sp³-hybridized carbons (Fsp3) is 0.763. The molecule has 64 heavy (non-hydrogen) atoms. The molecule has 1 fully saturated rings. The molecule has 4 unspecified atom stereocenters. The Kier molecular flexibility index (Phi) is 21.4. The van der Waals surface area contributed by atoms with Gasteiger partial charge in [0.05, 0.1) is 6.04 Å². The van der Waals surface area contributed by atoms with Gasteiger partial charge in [0, 0.05) is 26.2 Å². The van der Waals surface area contributed by atoms with E-state index in [4.69, 9.17) is 0 Å². The fourth-order valence-corrected chi connectivity index (χ4v) is 7.51. The lowest BCUT2D eigenvalue weighted by Crippen LogP contribution is -2.68. The molecule has 0 spiro atoms. The Balaban J connectivity index is 4.08. The second kappa shape index (κ2) is 23.9. The Labute approximate surface area is 359 Å². The van der Waals surface area contributed by atoms with Crippen molar-refractivity contribution >= 4 is 41.5 Å². The lowest BCUT2D eigenvalue weighted by Gasteiger charge is -2.46. The largest absolute Gasteiger partial charge is 0.480 e. The van der Waals surface area contributed by atoms with Gasteiger partial charge in [0.1, 0.15) is 12.1 Å². The van der Waals surface area contributed by atoms with E-state index in [1.165, 1.54) is 20.8 Å². The fourth-order valence-electron chi connectivity index (χ4n) is 7.51. The highest BCUT2D eigenvalue weighted by Gasteiger charge is 2.63. The molecule has 3 N–H and O–H groups in total. The van der Waals surface area contributed by atoms with E-state index in [9.17, 15) is 102 Å². The highest BCUT2D eigenvalue weighted by molar-refractivity contribution is 5.92. The van der Waals surface area contributed by atoms with Crippen LogP contribution in [0.2, 0.25) is 0 Å². The van der Waals surface area contributed by atoms with E-state index in [1.807, 2.05) is 0 Å². The van der Waals surface area contributed by atoms with Crippen LogP contribution < -0.4 is 0 Å². The first kappa shape index (κ1) is 57.2. The minimum atomic E-state index is -5.92. The van der Waals surface area contributed by atoms with E-state index in [0.29, 0.717) is 0 Å². The van der Waals surface area contributed by atoms with Crippen LogP contribution in [0.25, 0.3) is 0 Å². The highest BCUT2D eigenvalue weighted by Crippen LogP contribution is 2.43. The number of unbranched alkanes of at least 4 members (excludes halogenated alkanes) is 4. The molecule has 0 aromatic carbocycles. The van der Waals surface area contributed by atoms with Gasteiger partial charge in [-0.3, -0.25) is 19.2 Å². The molecule has 0 aromatic heterocycles. The summed E-state index contributed by atoms with van der Waals surface area (Å²) in [5.74, 6) is -16.9. The van der Waals surface area contributed by atoms with Gasteiger partial charge in [-0.1, -0.05) is 51.7 Å². The molecule has 4 atom stereocenters. The summed E-state index contributed by atoms with van der Waals surface area (Å²) < 4.78 is 167. The molecule has 0 saturated heterocycles. The smallest absolute Gasteiger partial charge is 0.471 e. The third-order valence-electron chi connectivity index (χ3n) is 10.6. The molecule has 26 heteroatoms. The van der Waals surface area contributed by atoms with E-state index >= 15 is 0 Å². The number of hydrogen-bond acceptors (Lipinski definition) is 7. The van der Waals surface area contributed by atoms with Crippen molar-refractivity contribution in [2.75, 3.05) is 26.2 Å². The van der Waals surface area contributed by atoms with Crippen LogP contribution in [0.1, 0.15) is 111 Å². The number of carboxylic acids is 3. The van der Waals surface area contributed by atoms with Crippen LogP contribution in [0.5, 0.6) is 0 Å². The molecule has 4 amide bonds. The average Bonchev–Trinajstić information content (AvgIpc) is 3.62. The van der Waals surface area contributed by atoms with E-state index in [-0.39, 0.29) is 58.1 Å². The van der Waals surface area contributed by atoms with Crippen molar-refractivity contribution in [3.05, 3.63) is 11.6 Å². The predicted octanol–water partition coefficient (Wildman–Crippen LogP) is 7.11. The molecule has 0 bridgehead atoms. The maximum atomic E-state index is 14.4. The Hall–Kier alpha value is -4.81. The zero-order chi connectivity index (χ0) is 49.6. The number of rotatable bonds is 25. The summed E-state index contributed by atoms with van der Waals surface area (Å²) in [4.78, 5) is 87.9. The molecule has 368 valence electrons. The minimum Gasteiger partial charge on any atom is -0.480 e. The summed E-state index contributed by atoms with van der Waals surface area (Å²) in [5.41, 5.74) is -3.72. The van der Waals surface area contributed by atoms with E-state index in [0.717, 1.165) is 6.08 Å². The zero-order valence-corrected chi connectivity index (χ0v) is 35.1. The first-order chi connectivity index (χ1) is 29.4. The van der Waals surface area contributed by atoms with Gasteiger partial charge in [-0.2, -0.15) is 52.7 Å². The molecule has 14 nitrogen and oxygen atoms in total. The van der Waals surface area contributed by atoms with Crippen molar-refractivity contribution in [3.63, 3.8) is 0 Å². The SMILES string of the molecule is CCCCN(C(=O)C(F)(F)F)C(CCC/C=C(/CCC(C(=O)O)N(CCCC)C(=O)C(F)(F)F)CN(C(=O)C(F)(F)F)C1CCCC1(C(=O)O)N(CCCC)C(=O)C(F)(F)F)C(=O)O. The van der Waals surface area contributed by atoms with Crippen LogP contribution in [0.15, 0.2) is 11.6 Å². The normalized spacial score (nSPS) is 18.2. The summed E-state index contributed by atoms with van der Waals surface area (Å²) in [6.07, 6.45) is -28.1. The van der Waals surface area contributed by atoms with Crippen molar-refractivity contribution < 1.29 is 102 Å². The van der Waals surface area contributed by atoms with Gasteiger partial charge >= 0.3 is 66.2 Å². The standard InChI is InChI=1S/C38H52F12N4O10/c1-4-7-19-51(29(59)35(39,40)41)24(27(55)56)14-11-10-13-23(16-17-25(28(57)58)52(20-8-5-2)30(60)36(42,43)44)22-53(31(61)37(45,46)47)26-15-12-18-34(26,33(63)64)54(21-9-6-3)32(62)38(48,49)50/h13,24-26H,4-12,14-22H2,1-3H3,(H,55,56)(H,57,58)(H,63,64)/b23-13-. The number of aliphatic carboxylic acids is 3. The van der Waals surface area contributed by atoms with Gasteiger partial charge in [0.25, 0.3) is 0 Å². The van der Waals surface area contributed by atoms with Crippen LogP contribution >= 0.6 is 0 Å². The van der Waals surface area contributed by atoms with Gasteiger partial charge < -0.3 is 34.9 Å². The molecule has 1 rings (SSSR count).